The lowest BCUT2D eigenvalue weighted by Gasteiger charge is -2.26. The van der Waals surface area contributed by atoms with Gasteiger partial charge in [-0.2, -0.15) is 0 Å². The van der Waals surface area contributed by atoms with Crippen LogP contribution in [0.3, 0.4) is 0 Å². The topological polar surface area (TPSA) is 154 Å². The first-order chi connectivity index (χ1) is 18.0. The molecule has 1 atom stereocenters. The average Bonchev–Trinajstić information content (AvgIpc) is 3.35. The number of hydrogen-bond donors (Lipinski definition) is 3. The molecule has 0 radical (unpaired) electrons. The van der Waals surface area contributed by atoms with Crippen molar-refractivity contribution in [3.8, 4) is 0 Å². The van der Waals surface area contributed by atoms with Gasteiger partial charge in [-0.3, -0.25) is 9.79 Å². The van der Waals surface area contributed by atoms with Gasteiger partial charge in [0.1, 0.15) is 24.8 Å². The van der Waals surface area contributed by atoms with E-state index in [4.69, 9.17) is 9.94 Å². The van der Waals surface area contributed by atoms with Gasteiger partial charge in [-0.1, -0.05) is 23.4 Å². The Morgan fingerprint density at radius 3 is 2.81 bits per heavy atom. The molecule has 0 saturated heterocycles. The Kier molecular flexibility index (Phi) is 11.7. The molecule has 0 aliphatic carbocycles. The number of carbonyl (C=O) groups excluding carboxylic acids is 3. The largest absolute Gasteiger partial charge is 0.453 e. The molecule has 3 rings (SSSR count). The van der Waals surface area contributed by atoms with Gasteiger partial charge in [0.15, 0.2) is 5.84 Å². The van der Waals surface area contributed by atoms with Crippen molar-refractivity contribution in [3.05, 3.63) is 53.3 Å². The zero-order chi connectivity index (χ0) is 27.2. The third-order valence-electron chi connectivity index (χ3n) is 5.33. The normalized spacial score (nSPS) is 15.8. The summed E-state index contributed by atoms with van der Waals surface area (Å²) in [7, 11) is 2.27. The van der Waals surface area contributed by atoms with Crippen LogP contribution >= 0.6 is 0 Å². The molecule has 12 heteroatoms. The van der Waals surface area contributed by atoms with Gasteiger partial charge in [-0.15, -0.1) is 0 Å². The number of oxime groups is 1. The molecule has 0 spiro atoms. The number of aliphatic hydroxyl groups excluding tert-OH is 1. The number of carbonyl (C=O) groups is 3. The van der Waals surface area contributed by atoms with Gasteiger partial charge in [0.05, 0.1) is 20.2 Å². The average molecular weight is 513 g/mol. The fraction of sp³-hybridized carbons (Fsp3) is 0.360. The monoisotopic (exact) mass is 512 g/mol. The minimum Gasteiger partial charge on any atom is -0.453 e. The van der Waals surface area contributed by atoms with Crippen molar-refractivity contribution in [3.63, 3.8) is 0 Å². The number of nitrogens with zero attached hydrogens (tertiary/aromatic N) is 4. The first-order valence-corrected chi connectivity index (χ1v) is 11.5. The number of benzene rings is 1. The van der Waals surface area contributed by atoms with Crippen LogP contribution in [-0.4, -0.2) is 86.6 Å². The fourth-order valence-corrected chi connectivity index (χ4v) is 3.45. The predicted molar refractivity (Wildman–Crippen MR) is 141 cm³/mol. The number of methoxy groups -OCH3 is 1. The molecule has 2 heterocycles. The summed E-state index contributed by atoms with van der Waals surface area (Å²) in [5, 5.41) is 16.4. The lowest BCUT2D eigenvalue weighted by Crippen LogP contribution is -2.42. The summed E-state index contributed by atoms with van der Waals surface area (Å²) in [5.74, 6) is 0.740. The van der Waals surface area contributed by atoms with Gasteiger partial charge >= 0.3 is 6.09 Å². The summed E-state index contributed by atoms with van der Waals surface area (Å²) in [5.41, 5.74) is 3.02. The van der Waals surface area contributed by atoms with Crippen LogP contribution in [0.4, 0.5) is 10.5 Å². The SMILES string of the molecule is C=N/C(=N\OCCNC(=O)OC)c1ccc(C)c(NC(=O)C2CN=C3C=CC(CCC=O)=CN32)c1.CO. The smallest absolute Gasteiger partial charge is 0.406 e. The molecule has 12 nitrogen and oxygen atoms in total. The minimum atomic E-state index is -0.563. The molecule has 0 bridgehead atoms. The zero-order valence-electron chi connectivity index (χ0n) is 21.1. The second kappa shape index (κ2) is 14.9. The van der Waals surface area contributed by atoms with Crippen molar-refractivity contribution in [2.24, 2.45) is 15.1 Å². The highest BCUT2D eigenvalue weighted by atomic mass is 16.6. The molecule has 2 aliphatic rings. The van der Waals surface area contributed by atoms with Crippen molar-refractivity contribution in [2.75, 3.05) is 39.2 Å². The highest BCUT2D eigenvalue weighted by Crippen LogP contribution is 2.24. The molecular formula is C25H32N6O6. The summed E-state index contributed by atoms with van der Waals surface area (Å²) in [6.07, 6.45) is 7.00. The Balaban J connectivity index is 0.00000235. The van der Waals surface area contributed by atoms with Crippen molar-refractivity contribution in [1.82, 2.24) is 10.2 Å². The summed E-state index contributed by atoms with van der Waals surface area (Å²) in [6.45, 7) is 6.06. The van der Waals surface area contributed by atoms with Crippen molar-refractivity contribution < 1.29 is 29.1 Å². The van der Waals surface area contributed by atoms with Crippen LogP contribution in [0, 0.1) is 6.92 Å². The minimum absolute atomic E-state index is 0.111. The number of amidine groups is 2. The summed E-state index contributed by atoms with van der Waals surface area (Å²) in [6, 6.07) is 4.88. The number of rotatable bonds is 10. The van der Waals surface area contributed by atoms with Crippen LogP contribution in [0.15, 0.2) is 57.3 Å². The number of aldehydes is 1. The Morgan fingerprint density at radius 2 is 2.11 bits per heavy atom. The third kappa shape index (κ3) is 8.10. The second-order valence-corrected chi connectivity index (χ2v) is 7.71. The Morgan fingerprint density at radius 1 is 1.32 bits per heavy atom. The van der Waals surface area contributed by atoms with Crippen LogP contribution in [0.5, 0.6) is 0 Å². The van der Waals surface area contributed by atoms with Crippen LogP contribution < -0.4 is 10.6 Å². The van der Waals surface area contributed by atoms with E-state index >= 15 is 0 Å². The number of anilines is 1. The molecule has 0 saturated carbocycles. The van der Waals surface area contributed by atoms with Gasteiger partial charge in [-0.25, -0.2) is 9.79 Å². The lowest BCUT2D eigenvalue weighted by atomic mass is 10.1. The molecule has 0 fully saturated rings. The number of fused-ring (bicyclic) bond motifs is 1. The lowest BCUT2D eigenvalue weighted by molar-refractivity contribution is -0.119. The molecular weight excluding hydrogens is 480 g/mol. The van der Waals surface area contributed by atoms with E-state index in [0.717, 1.165) is 30.4 Å². The standard InChI is InChI=1S/C24H28N6O5.CH4O/c1-16-6-8-18(22(25-2)29-35-12-10-26-24(33)34-3)13-19(16)28-23(32)20-14-27-21-9-7-17(5-4-11-31)15-30(20)21;1-2/h6-9,11,13,15,20H,2,4-5,10,12,14H2,1,3H3,(H,26,33)(H,28,32);2H,1H3/b29-22-;. The highest BCUT2D eigenvalue weighted by Gasteiger charge is 2.32. The number of allylic oxidation sites excluding steroid dienone is 2. The molecule has 2 amide bonds. The number of nitrogens with one attached hydrogen (secondary N) is 2. The molecule has 0 aromatic heterocycles. The maximum Gasteiger partial charge on any atom is 0.406 e. The van der Waals surface area contributed by atoms with Crippen LogP contribution in [0.2, 0.25) is 0 Å². The molecule has 37 heavy (non-hydrogen) atoms. The number of hydrogen-bond acceptors (Lipinski definition) is 9. The number of ether oxygens (including phenoxy) is 1. The van der Waals surface area contributed by atoms with Gasteiger partial charge in [0.2, 0.25) is 5.91 Å². The number of amides is 2. The van der Waals surface area contributed by atoms with E-state index in [9.17, 15) is 14.4 Å². The van der Waals surface area contributed by atoms with E-state index in [1.54, 1.807) is 12.1 Å². The quantitative estimate of drug-likeness (QED) is 0.142. The Labute approximate surface area is 215 Å². The Hall–Kier alpha value is -4.32. The Bertz CT molecular complexity index is 1110. The molecule has 2 aliphatic heterocycles. The number of aliphatic imine (C=N–C) groups is 2. The van der Waals surface area contributed by atoms with E-state index in [2.05, 4.69) is 37.2 Å². The van der Waals surface area contributed by atoms with Crippen molar-refractivity contribution in [2.45, 2.75) is 25.8 Å². The molecule has 3 N–H and O–H groups in total. The fourth-order valence-electron chi connectivity index (χ4n) is 3.45. The summed E-state index contributed by atoms with van der Waals surface area (Å²) in [4.78, 5) is 50.3. The van der Waals surface area contributed by atoms with Crippen LogP contribution in [0.1, 0.15) is 24.0 Å². The third-order valence-corrected chi connectivity index (χ3v) is 5.33. The number of alkyl carbamates (subject to hydrolysis) is 1. The van der Waals surface area contributed by atoms with Crippen LogP contribution in [-0.2, 0) is 19.2 Å². The molecule has 1 aromatic rings. The van der Waals surface area contributed by atoms with Gasteiger partial charge in [0.25, 0.3) is 0 Å². The summed E-state index contributed by atoms with van der Waals surface area (Å²) >= 11 is 0. The van der Waals surface area contributed by atoms with Crippen molar-refractivity contribution >= 4 is 42.4 Å². The highest BCUT2D eigenvalue weighted by molar-refractivity contribution is 6.06. The summed E-state index contributed by atoms with van der Waals surface area (Å²) < 4.78 is 4.48. The van der Waals surface area contributed by atoms with E-state index in [-0.39, 0.29) is 24.9 Å². The predicted octanol–water partition coefficient (Wildman–Crippen LogP) is 1.79. The van der Waals surface area contributed by atoms with E-state index in [1.165, 1.54) is 7.11 Å². The first kappa shape index (κ1) is 28.9. The molecule has 1 aromatic carbocycles. The first-order valence-electron chi connectivity index (χ1n) is 11.5. The van der Waals surface area contributed by atoms with Gasteiger partial charge in [-0.05, 0) is 43.3 Å². The second-order valence-electron chi connectivity index (χ2n) is 7.71. The van der Waals surface area contributed by atoms with Gasteiger partial charge in [0, 0.05) is 31.0 Å². The van der Waals surface area contributed by atoms with Gasteiger partial charge < -0.3 is 35.0 Å². The molecule has 1 unspecified atom stereocenters. The molecule has 198 valence electrons. The van der Waals surface area contributed by atoms with E-state index in [0.29, 0.717) is 30.6 Å². The van der Waals surface area contributed by atoms with Crippen LogP contribution in [0.25, 0.3) is 0 Å². The number of aliphatic hydroxyl groups is 1. The zero-order valence-corrected chi connectivity index (χ0v) is 21.1. The van der Waals surface area contributed by atoms with E-state index in [1.807, 2.05) is 36.2 Å². The maximum atomic E-state index is 13.1. The van der Waals surface area contributed by atoms with E-state index < -0.39 is 12.1 Å². The maximum absolute atomic E-state index is 13.1. The van der Waals surface area contributed by atoms with Crippen molar-refractivity contribution in [1.29, 1.82) is 0 Å². The number of aryl methyl sites for hydroxylation is 1.